The van der Waals surface area contributed by atoms with Crippen LogP contribution in [0.4, 0.5) is 0 Å². The second-order valence-corrected chi connectivity index (χ2v) is 5.00. The molecule has 0 aromatic heterocycles. The fraction of sp³-hybridized carbons (Fsp3) is 0.500. The summed E-state index contributed by atoms with van der Waals surface area (Å²) >= 11 is 0. The Bertz CT molecular complexity index is 382. The van der Waals surface area contributed by atoms with E-state index in [0.717, 1.165) is 18.4 Å². The van der Waals surface area contributed by atoms with Crippen LogP contribution < -0.4 is 0 Å². The SMILES string of the molecule is O=C(c1ccccc1)C12CCCCC1C2. The largest absolute Gasteiger partial charge is 0.294 e. The summed E-state index contributed by atoms with van der Waals surface area (Å²) in [5.41, 5.74) is 0.987. The number of rotatable bonds is 2. The number of Topliss-reactive ketones (excluding diaryl/α,β-unsaturated/α-hetero) is 1. The minimum absolute atomic E-state index is 0.0691. The van der Waals surface area contributed by atoms with Crippen molar-refractivity contribution in [3.63, 3.8) is 0 Å². The van der Waals surface area contributed by atoms with Crippen molar-refractivity contribution in [1.29, 1.82) is 0 Å². The summed E-state index contributed by atoms with van der Waals surface area (Å²) in [6.45, 7) is 0. The highest BCUT2D eigenvalue weighted by Gasteiger charge is 2.59. The van der Waals surface area contributed by atoms with E-state index in [1.54, 1.807) is 0 Å². The molecule has 2 fully saturated rings. The van der Waals surface area contributed by atoms with Gasteiger partial charge in [0, 0.05) is 11.0 Å². The molecule has 0 N–H and O–H groups in total. The Kier molecular flexibility index (Phi) is 1.95. The fourth-order valence-corrected chi connectivity index (χ4v) is 3.17. The van der Waals surface area contributed by atoms with E-state index in [-0.39, 0.29) is 5.41 Å². The summed E-state index contributed by atoms with van der Waals surface area (Å²) < 4.78 is 0. The van der Waals surface area contributed by atoms with Crippen LogP contribution in [0, 0.1) is 11.3 Å². The second-order valence-electron chi connectivity index (χ2n) is 5.00. The summed E-state index contributed by atoms with van der Waals surface area (Å²) in [5, 5.41) is 0. The van der Waals surface area contributed by atoms with Gasteiger partial charge in [-0.05, 0) is 25.2 Å². The molecule has 2 atom stereocenters. The van der Waals surface area contributed by atoms with Gasteiger partial charge < -0.3 is 0 Å². The van der Waals surface area contributed by atoms with Crippen LogP contribution in [0.3, 0.4) is 0 Å². The van der Waals surface area contributed by atoms with E-state index in [4.69, 9.17) is 0 Å². The van der Waals surface area contributed by atoms with Gasteiger partial charge >= 0.3 is 0 Å². The zero-order valence-corrected chi connectivity index (χ0v) is 8.91. The number of benzene rings is 1. The van der Waals surface area contributed by atoms with Crippen molar-refractivity contribution in [1.82, 2.24) is 0 Å². The molecular formula is C14H16O. The molecule has 2 saturated carbocycles. The Morgan fingerprint density at radius 3 is 2.73 bits per heavy atom. The number of hydrogen-bond donors (Lipinski definition) is 0. The molecule has 2 aliphatic rings. The molecule has 2 unspecified atom stereocenters. The second kappa shape index (κ2) is 3.19. The number of hydrogen-bond acceptors (Lipinski definition) is 1. The third-order valence-corrected chi connectivity index (χ3v) is 4.15. The smallest absolute Gasteiger partial charge is 0.169 e. The third kappa shape index (κ3) is 1.33. The molecule has 15 heavy (non-hydrogen) atoms. The predicted molar refractivity (Wildman–Crippen MR) is 59.8 cm³/mol. The van der Waals surface area contributed by atoms with Crippen LogP contribution >= 0.6 is 0 Å². The molecule has 1 aromatic carbocycles. The first-order valence-corrected chi connectivity index (χ1v) is 5.93. The molecule has 1 heteroatoms. The van der Waals surface area contributed by atoms with E-state index in [1.165, 1.54) is 19.3 Å². The van der Waals surface area contributed by atoms with Crippen LogP contribution in [0.15, 0.2) is 30.3 Å². The first kappa shape index (κ1) is 9.14. The van der Waals surface area contributed by atoms with Crippen LogP contribution in [-0.2, 0) is 0 Å². The minimum Gasteiger partial charge on any atom is -0.294 e. The lowest BCUT2D eigenvalue weighted by atomic mass is 9.82. The highest BCUT2D eigenvalue weighted by molar-refractivity contribution is 6.02. The van der Waals surface area contributed by atoms with Gasteiger partial charge in [0.05, 0.1) is 0 Å². The van der Waals surface area contributed by atoms with E-state index >= 15 is 0 Å². The average molecular weight is 200 g/mol. The lowest BCUT2D eigenvalue weighted by Gasteiger charge is -2.20. The van der Waals surface area contributed by atoms with Crippen molar-refractivity contribution in [2.75, 3.05) is 0 Å². The zero-order valence-electron chi connectivity index (χ0n) is 8.91. The van der Waals surface area contributed by atoms with Crippen molar-refractivity contribution in [2.24, 2.45) is 11.3 Å². The molecule has 1 nitrogen and oxygen atoms in total. The maximum Gasteiger partial charge on any atom is 0.169 e. The number of ketones is 1. The molecule has 0 aliphatic heterocycles. The quantitative estimate of drug-likeness (QED) is 0.668. The summed E-state index contributed by atoms with van der Waals surface area (Å²) in [5.74, 6) is 1.12. The summed E-state index contributed by atoms with van der Waals surface area (Å²) in [6, 6.07) is 9.82. The molecule has 1 aromatic rings. The lowest BCUT2D eigenvalue weighted by Crippen LogP contribution is -2.21. The average Bonchev–Trinajstić information content (AvgIpc) is 3.05. The lowest BCUT2D eigenvalue weighted by molar-refractivity contribution is 0.0861. The van der Waals surface area contributed by atoms with E-state index < -0.39 is 0 Å². The number of fused-ring (bicyclic) bond motifs is 1. The summed E-state index contributed by atoms with van der Waals surface area (Å²) in [6.07, 6.45) is 6.13. The van der Waals surface area contributed by atoms with E-state index in [2.05, 4.69) is 0 Å². The van der Waals surface area contributed by atoms with Gasteiger partial charge in [0.2, 0.25) is 0 Å². The van der Waals surface area contributed by atoms with Gasteiger partial charge in [0.15, 0.2) is 5.78 Å². The molecule has 0 saturated heterocycles. The first-order valence-electron chi connectivity index (χ1n) is 5.93. The van der Waals surface area contributed by atoms with Crippen LogP contribution in [0.2, 0.25) is 0 Å². The van der Waals surface area contributed by atoms with Crippen molar-refractivity contribution >= 4 is 5.78 Å². The topological polar surface area (TPSA) is 17.1 Å². The number of carbonyl (C=O) groups excluding carboxylic acids is 1. The van der Waals surface area contributed by atoms with E-state index in [1.807, 2.05) is 30.3 Å². The van der Waals surface area contributed by atoms with Crippen molar-refractivity contribution < 1.29 is 4.79 Å². The number of carbonyl (C=O) groups is 1. The normalized spacial score (nSPS) is 33.2. The van der Waals surface area contributed by atoms with Crippen molar-refractivity contribution in [3.8, 4) is 0 Å². The molecule has 78 valence electrons. The molecule has 0 radical (unpaired) electrons. The van der Waals surface area contributed by atoms with Gasteiger partial charge in [-0.2, -0.15) is 0 Å². The van der Waals surface area contributed by atoms with Gasteiger partial charge in [-0.1, -0.05) is 43.2 Å². The molecule has 0 heterocycles. The predicted octanol–water partition coefficient (Wildman–Crippen LogP) is 3.45. The third-order valence-electron chi connectivity index (χ3n) is 4.15. The summed E-state index contributed by atoms with van der Waals surface area (Å²) in [7, 11) is 0. The highest BCUT2D eigenvalue weighted by Crippen LogP contribution is 2.62. The van der Waals surface area contributed by atoms with Gasteiger partial charge in [0.25, 0.3) is 0 Å². The van der Waals surface area contributed by atoms with Crippen LogP contribution in [0.1, 0.15) is 42.5 Å². The summed E-state index contributed by atoms with van der Waals surface area (Å²) in [4.78, 5) is 12.4. The molecular weight excluding hydrogens is 184 g/mol. The van der Waals surface area contributed by atoms with Gasteiger partial charge in [-0.25, -0.2) is 0 Å². The van der Waals surface area contributed by atoms with E-state index in [9.17, 15) is 4.79 Å². The Morgan fingerprint density at radius 1 is 1.20 bits per heavy atom. The molecule has 3 rings (SSSR count). The Morgan fingerprint density at radius 2 is 2.00 bits per heavy atom. The van der Waals surface area contributed by atoms with Gasteiger partial charge in [0.1, 0.15) is 0 Å². The van der Waals surface area contributed by atoms with Crippen molar-refractivity contribution in [3.05, 3.63) is 35.9 Å². The Labute approximate surface area is 90.5 Å². The maximum absolute atomic E-state index is 12.4. The van der Waals surface area contributed by atoms with E-state index in [0.29, 0.717) is 11.7 Å². The Hall–Kier alpha value is -1.11. The molecule has 0 bridgehead atoms. The van der Waals surface area contributed by atoms with Gasteiger partial charge in [-0.3, -0.25) is 4.79 Å². The van der Waals surface area contributed by atoms with Crippen LogP contribution in [0.5, 0.6) is 0 Å². The molecule has 0 amide bonds. The van der Waals surface area contributed by atoms with Crippen LogP contribution in [-0.4, -0.2) is 5.78 Å². The van der Waals surface area contributed by atoms with Crippen LogP contribution in [0.25, 0.3) is 0 Å². The highest BCUT2D eigenvalue weighted by atomic mass is 16.1. The standard InChI is InChI=1S/C14H16O/c15-13(11-6-2-1-3-7-11)14-9-5-4-8-12(14)10-14/h1-3,6-7,12H,4-5,8-10H2. The zero-order chi connectivity index (χ0) is 10.3. The first-order chi connectivity index (χ1) is 7.33. The monoisotopic (exact) mass is 200 g/mol. The molecule has 0 spiro atoms. The van der Waals surface area contributed by atoms with Gasteiger partial charge in [-0.15, -0.1) is 0 Å². The minimum atomic E-state index is 0.0691. The fourth-order valence-electron chi connectivity index (χ4n) is 3.17. The molecule has 2 aliphatic carbocycles. The maximum atomic E-state index is 12.4. The van der Waals surface area contributed by atoms with Crippen molar-refractivity contribution in [2.45, 2.75) is 32.1 Å². The Balaban J connectivity index is 1.87.